The molecule has 0 aliphatic heterocycles. The molecule has 0 spiro atoms. The number of hydrogen-bond acceptors (Lipinski definition) is 0. The SMILES string of the molecule is C=Cc1ccccc1.CC=Cc1ccccc1.CC=Cc1ccccc1. The van der Waals surface area contributed by atoms with E-state index >= 15 is 0 Å². The molecule has 0 bridgehead atoms. The molecule has 3 aromatic rings. The van der Waals surface area contributed by atoms with Crippen molar-refractivity contribution in [3.05, 3.63) is 126 Å². The average Bonchev–Trinajstić information content (AvgIpc) is 2.72. The van der Waals surface area contributed by atoms with Gasteiger partial charge >= 0.3 is 0 Å². The first-order valence-electron chi connectivity index (χ1n) is 8.83. The van der Waals surface area contributed by atoms with E-state index in [1.807, 2.05) is 98.8 Å². The highest BCUT2D eigenvalue weighted by Gasteiger charge is 1.78. The second kappa shape index (κ2) is 14.2. The zero-order valence-corrected chi connectivity index (χ0v) is 15.8. The summed E-state index contributed by atoms with van der Waals surface area (Å²) >= 11 is 0. The van der Waals surface area contributed by atoms with Crippen LogP contribution in [0, 0.1) is 0 Å². The van der Waals surface area contributed by atoms with Gasteiger partial charge in [-0.2, -0.15) is 0 Å². The molecule has 0 fully saturated rings. The van der Waals surface area contributed by atoms with E-state index in [9.17, 15) is 0 Å². The van der Waals surface area contributed by atoms with E-state index in [2.05, 4.69) is 43.0 Å². The fourth-order valence-electron chi connectivity index (χ4n) is 2.10. The van der Waals surface area contributed by atoms with Gasteiger partial charge in [-0.1, -0.05) is 128 Å². The minimum Gasteiger partial charge on any atom is -0.0985 e. The van der Waals surface area contributed by atoms with Crippen molar-refractivity contribution in [2.75, 3.05) is 0 Å². The van der Waals surface area contributed by atoms with Crippen LogP contribution in [0.1, 0.15) is 30.5 Å². The first-order chi connectivity index (χ1) is 12.8. The highest BCUT2D eigenvalue weighted by atomic mass is 13.8. The minimum absolute atomic E-state index is 1.17. The van der Waals surface area contributed by atoms with Crippen molar-refractivity contribution < 1.29 is 0 Å². The summed E-state index contributed by atoms with van der Waals surface area (Å²) in [5, 5.41) is 0. The molecule has 0 aliphatic rings. The predicted molar refractivity (Wildman–Crippen MR) is 119 cm³/mol. The smallest absolute Gasteiger partial charge is 0.0260 e. The molecule has 26 heavy (non-hydrogen) atoms. The number of benzene rings is 3. The van der Waals surface area contributed by atoms with Crippen LogP contribution in [0.4, 0.5) is 0 Å². The molecule has 0 aliphatic carbocycles. The summed E-state index contributed by atoms with van der Waals surface area (Å²) in [4.78, 5) is 0. The van der Waals surface area contributed by atoms with E-state index in [1.54, 1.807) is 0 Å². The van der Waals surface area contributed by atoms with E-state index in [1.165, 1.54) is 16.7 Å². The normalized spacial score (nSPS) is 9.77. The molecule has 0 heterocycles. The second-order valence-electron chi connectivity index (χ2n) is 5.44. The summed E-state index contributed by atoms with van der Waals surface area (Å²) in [7, 11) is 0. The maximum absolute atomic E-state index is 3.63. The van der Waals surface area contributed by atoms with Crippen LogP contribution in [0.15, 0.2) is 110 Å². The lowest BCUT2D eigenvalue weighted by Gasteiger charge is -1.86. The van der Waals surface area contributed by atoms with Crippen LogP contribution in [-0.4, -0.2) is 0 Å². The highest BCUT2D eigenvalue weighted by Crippen LogP contribution is 2.00. The first-order valence-corrected chi connectivity index (χ1v) is 8.83. The van der Waals surface area contributed by atoms with Crippen molar-refractivity contribution in [1.82, 2.24) is 0 Å². The van der Waals surface area contributed by atoms with E-state index in [4.69, 9.17) is 0 Å². The molecule has 0 nitrogen and oxygen atoms in total. The van der Waals surface area contributed by atoms with Gasteiger partial charge in [-0.15, -0.1) is 0 Å². The third kappa shape index (κ3) is 9.89. The Hall–Kier alpha value is -3.12. The monoisotopic (exact) mass is 340 g/mol. The van der Waals surface area contributed by atoms with Gasteiger partial charge in [-0.25, -0.2) is 0 Å². The maximum atomic E-state index is 3.63. The fourth-order valence-corrected chi connectivity index (χ4v) is 2.10. The number of hydrogen-bond donors (Lipinski definition) is 0. The van der Waals surface area contributed by atoms with Crippen LogP contribution in [0.3, 0.4) is 0 Å². The lowest BCUT2D eigenvalue weighted by atomic mass is 10.2. The fraction of sp³-hybridized carbons (Fsp3) is 0.0769. The average molecular weight is 341 g/mol. The van der Waals surface area contributed by atoms with Gasteiger partial charge < -0.3 is 0 Å². The molecule has 132 valence electrons. The van der Waals surface area contributed by atoms with E-state index in [0.717, 1.165) is 0 Å². The molecule has 0 saturated heterocycles. The van der Waals surface area contributed by atoms with E-state index < -0.39 is 0 Å². The van der Waals surface area contributed by atoms with Gasteiger partial charge in [0.15, 0.2) is 0 Å². The van der Waals surface area contributed by atoms with Crippen LogP contribution < -0.4 is 0 Å². The lowest BCUT2D eigenvalue weighted by Crippen LogP contribution is -1.65. The molecule has 3 rings (SSSR count). The Labute approximate surface area is 158 Å². The molecule has 0 saturated carbocycles. The first kappa shape index (κ1) is 20.9. The zero-order valence-electron chi connectivity index (χ0n) is 15.8. The topological polar surface area (TPSA) is 0 Å². The highest BCUT2D eigenvalue weighted by molar-refractivity contribution is 5.48. The van der Waals surface area contributed by atoms with Crippen LogP contribution in [0.2, 0.25) is 0 Å². The standard InChI is InChI=1S/2C9H10.C8H8/c2*1-2-6-9-7-4-3-5-8-9;1-2-8-6-4-3-5-7-8/h2*2-8H,1H3;2-7H,1H2. The summed E-state index contributed by atoms with van der Waals surface area (Å²) in [5.74, 6) is 0. The van der Waals surface area contributed by atoms with Crippen molar-refractivity contribution in [3.63, 3.8) is 0 Å². The van der Waals surface area contributed by atoms with Crippen LogP contribution in [0.5, 0.6) is 0 Å². The Morgan fingerprint density at radius 3 is 1.04 bits per heavy atom. The Kier molecular flexibility index (Phi) is 11.5. The van der Waals surface area contributed by atoms with Crippen LogP contribution in [-0.2, 0) is 0 Å². The van der Waals surface area contributed by atoms with E-state index in [0.29, 0.717) is 0 Å². The summed E-state index contributed by atoms with van der Waals surface area (Å²) in [6.45, 7) is 7.67. The lowest BCUT2D eigenvalue weighted by molar-refractivity contribution is 1.64. The summed E-state index contributed by atoms with van der Waals surface area (Å²) in [5.41, 5.74) is 3.70. The van der Waals surface area contributed by atoms with Gasteiger partial charge in [0.2, 0.25) is 0 Å². The molecule has 0 heteroatoms. The number of rotatable bonds is 3. The third-order valence-electron chi connectivity index (χ3n) is 3.35. The Bertz CT molecular complexity index is 703. The van der Waals surface area contributed by atoms with Gasteiger partial charge in [0.05, 0.1) is 0 Å². The summed E-state index contributed by atoms with van der Waals surface area (Å²) in [6.07, 6.45) is 10.1. The van der Waals surface area contributed by atoms with Crippen molar-refractivity contribution in [2.24, 2.45) is 0 Å². The molecule has 0 amide bonds. The van der Waals surface area contributed by atoms with Crippen LogP contribution >= 0.6 is 0 Å². The van der Waals surface area contributed by atoms with Gasteiger partial charge in [0.25, 0.3) is 0 Å². The van der Waals surface area contributed by atoms with Crippen molar-refractivity contribution in [3.8, 4) is 0 Å². The third-order valence-corrected chi connectivity index (χ3v) is 3.35. The van der Waals surface area contributed by atoms with Gasteiger partial charge in [0, 0.05) is 0 Å². The second-order valence-corrected chi connectivity index (χ2v) is 5.44. The summed E-state index contributed by atoms with van der Waals surface area (Å²) in [6, 6.07) is 30.6. The molecule has 0 radical (unpaired) electrons. The van der Waals surface area contributed by atoms with Gasteiger partial charge in [0.1, 0.15) is 0 Å². The molecular weight excluding hydrogens is 312 g/mol. The molecule has 3 aromatic carbocycles. The van der Waals surface area contributed by atoms with Crippen molar-refractivity contribution >= 4 is 18.2 Å². The molecule has 0 N–H and O–H groups in total. The van der Waals surface area contributed by atoms with E-state index in [-0.39, 0.29) is 0 Å². The molecular formula is C26H28. The summed E-state index contributed by atoms with van der Waals surface area (Å²) < 4.78 is 0. The van der Waals surface area contributed by atoms with Crippen LogP contribution in [0.25, 0.3) is 18.2 Å². The Morgan fingerprint density at radius 2 is 0.808 bits per heavy atom. The Balaban J connectivity index is 0.000000195. The van der Waals surface area contributed by atoms with Gasteiger partial charge in [-0.3, -0.25) is 0 Å². The molecule has 0 aromatic heterocycles. The molecule has 0 unspecified atom stereocenters. The molecule has 0 atom stereocenters. The largest absolute Gasteiger partial charge is 0.0985 e. The van der Waals surface area contributed by atoms with Crippen molar-refractivity contribution in [2.45, 2.75) is 13.8 Å². The van der Waals surface area contributed by atoms with Gasteiger partial charge in [-0.05, 0) is 30.5 Å². The zero-order chi connectivity index (χ0) is 18.9. The minimum atomic E-state index is 1.17. The van der Waals surface area contributed by atoms with Crippen molar-refractivity contribution in [1.29, 1.82) is 0 Å². The maximum Gasteiger partial charge on any atom is -0.0260 e. The quantitative estimate of drug-likeness (QED) is 0.457. The predicted octanol–water partition coefficient (Wildman–Crippen LogP) is 7.77. The Morgan fingerprint density at radius 1 is 0.500 bits per heavy atom. The number of allylic oxidation sites excluding steroid dienone is 2.